The van der Waals surface area contributed by atoms with Crippen molar-refractivity contribution < 1.29 is 0 Å². The summed E-state index contributed by atoms with van der Waals surface area (Å²) >= 11 is 3.17. The van der Waals surface area contributed by atoms with Crippen molar-refractivity contribution in [3.05, 3.63) is 16.2 Å². The Labute approximate surface area is 72.2 Å². The summed E-state index contributed by atoms with van der Waals surface area (Å²) < 4.78 is 0.576. The molecule has 4 nitrogen and oxygen atoms in total. The molecule has 1 aromatic rings. The SMILES string of the molecule is N=Cc1c(N)cnc(N)c1Br. The average Bonchev–Trinajstić information content (AvgIpc) is 1.99. The van der Waals surface area contributed by atoms with Gasteiger partial charge in [-0.1, -0.05) is 0 Å². The Hall–Kier alpha value is -1.10. The van der Waals surface area contributed by atoms with Crippen LogP contribution in [0.4, 0.5) is 11.5 Å². The largest absolute Gasteiger partial charge is 0.397 e. The number of nitrogens with two attached hydrogens (primary N) is 2. The molecule has 0 aliphatic rings. The van der Waals surface area contributed by atoms with Crippen LogP contribution in [-0.4, -0.2) is 11.2 Å². The Balaban J connectivity index is 3.40. The maximum absolute atomic E-state index is 7.00. The fourth-order valence-corrected chi connectivity index (χ4v) is 1.12. The minimum Gasteiger partial charge on any atom is -0.397 e. The van der Waals surface area contributed by atoms with Gasteiger partial charge in [0, 0.05) is 11.8 Å². The van der Waals surface area contributed by atoms with Crippen LogP contribution in [0.15, 0.2) is 10.7 Å². The minimum absolute atomic E-state index is 0.345. The van der Waals surface area contributed by atoms with Crippen LogP contribution in [0, 0.1) is 5.41 Å². The number of nitrogens with one attached hydrogen (secondary N) is 1. The van der Waals surface area contributed by atoms with Gasteiger partial charge >= 0.3 is 0 Å². The van der Waals surface area contributed by atoms with E-state index in [-0.39, 0.29) is 0 Å². The van der Waals surface area contributed by atoms with Gasteiger partial charge in [0.25, 0.3) is 0 Å². The summed E-state index contributed by atoms with van der Waals surface area (Å²) in [7, 11) is 0. The summed E-state index contributed by atoms with van der Waals surface area (Å²) in [5.41, 5.74) is 12.0. The molecule has 0 saturated carbocycles. The average molecular weight is 215 g/mol. The molecule has 5 N–H and O–H groups in total. The first kappa shape index (κ1) is 8.00. The normalized spacial score (nSPS) is 9.55. The lowest BCUT2D eigenvalue weighted by Gasteiger charge is -2.03. The molecule has 1 rings (SSSR count). The fraction of sp³-hybridized carbons (Fsp3) is 0. The van der Waals surface area contributed by atoms with Crippen LogP contribution in [0.1, 0.15) is 5.56 Å². The molecule has 0 aromatic carbocycles. The second-order valence-corrected chi connectivity index (χ2v) is 2.76. The van der Waals surface area contributed by atoms with Crippen LogP contribution < -0.4 is 11.5 Å². The molecule has 0 aliphatic heterocycles. The third kappa shape index (κ3) is 1.32. The standard InChI is InChI=1S/C6H7BrN4/c7-5-3(1-8)4(9)2-11-6(5)10/h1-2,8H,9H2,(H2,10,11). The van der Waals surface area contributed by atoms with Crippen molar-refractivity contribution in [2.45, 2.75) is 0 Å². The van der Waals surface area contributed by atoms with Crippen molar-refractivity contribution in [1.82, 2.24) is 4.98 Å². The van der Waals surface area contributed by atoms with Crippen LogP contribution in [0.5, 0.6) is 0 Å². The number of hydrogen-bond donors (Lipinski definition) is 3. The first-order valence-electron chi connectivity index (χ1n) is 2.86. The predicted octanol–water partition coefficient (Wildman–Crippen LogP) is 1.01. The summed E-state index contributed by atoms with van der Waals surface area (Å²) in [4.78, 5) is 3.79. The van der Waals surface area contributed by atoms with Gasteiger partial charge in [-0.25, -0.2) is 4.98 Å². The van der Waals surface area contributed by atoms with Crippen LogP contribution >= 0.6 is 15.9 Å². The van der Waals surface area contributed by atoms with Crippen LogP contribution in [0.3, 0.4) is 0 Å². The summed E-state index contributed by atoms with van der Waals surface area (Å²) in [5, 5.41) is 7.00. The molecule has 0 fully saturated rings. The fourth-order valence-electron chi connectivity index (χ4n) is 0.677. The summed E-state index contributed by atoms with van der Waals surface area (Å²) in [6.45, 7) is 0. The number of aromatic nitrogens is 1. The molecule has 0 amide bonds. The lowest BCUT2D eigenvalue weighted by molar-refractivity contribution is 1.31. The van der Waals surface area contributed by atoms with Crippen molar-refractivity contribution in [3.8, 4) is 0 Å². The summed E-state index contributed by atoms with van der Waals surface area (Å²) in [6, 6.07) is 0. The van der Waals surface area contributed by atoms with Crippen LogP contribution in [0.25, 0.3) is 0 Å². The van der Waals surface area contributed by atoms with Gasteiger partial charge in [0.05, 0.1) is 16.4 Å². The van der Waals surface area contributed by atoms with E-state index < -0.39 is 0 Å². The molecule has 1 aromatic heterocycles. The van der Waals surface area contributed by atoms with Crippen molar-refractivity contribution in [2.75, 3.05) is 11.5 Å². The van der Waals surface area contributed by atoms with E-state index in [2.05, 4.69) is 20.9 Å². The molecule has 0 aliphatic carbocycles. The number of nitrogen functional groups attached to an aromatic ring is 2. The number of nitrogens with zero attached hydrogens (tertiary/aromatic N) is 1. The molecule has 0 radical (unpaired) electrons. The van der Waals surface area contributed by atoms with E-state index in [1.807, 2.05) is 0 Å². The zero-order valence-electron chi connectivity index (χ0n) is 5.63. The van der Waals surface area contributed by atoms with E-state index in [1.165, 1.54) is 6.20 Å². The maximum atomic E-state index is 7.00. The second kappa shape index (κ2) is 2.87. The van der Waals surface area contributed by atoms with Gasteiger partial charge in [-0.15, -0.1) is 0 Å². The Bertz CT molecular complexity index is 297. The Morgan fingerprint density at radius 1 is 1.55 bits per heavy atom. The lowest BCUT2D eigenvalue weighted by Crippen LogP contribution is -2.00. The lowest BCUT2D eigenvalue weighted by atomic mass is 10.2. The van der Waals surface area contributed by atoms with E-state index >= 15 is 0 Å². The highest BCUT2D eigenvalue weighted by Crippen LogP contribution is 2.24. The zero-order valence-corrected chi connectivity index (χ0v) is 7.22. The third-order valence-electron chi connectivity index (χ3n) is 1.26. The maximum Gasteiger partial charge on any atom is 0.138 e. The first-order valence-corrected chi connectivity index (χ1v) is 3.66. The van der Waals surface area contributed by atoms with Crippen molar-refractivity contribution in [1.29, 1.82) is 5.41 Å². The smallest absolute Gasteiger partial charge is 0.138 e. The number of anilines is 2. The highest BCUT2D eigenvalue weighted by atomic mass is 79.9. The number of halogens is 1. The van der Waals surface area contributed by atoms with Gasteiger partial charge in [-0.2, -0.15) is 0 Å². The first-order chi connectivity index (χ1) is 5.16. The Kier molecular flexibility index (Phi) is 2.09. The Morgan fingerprint density at radius 2 is 2.18 bits per heavy atom. The van der Waals surface area contributed by atoms with Crippen molar-refractivity contribution >= 4 is 33.6 Å². The summed E-state index contributed by atoms with van der Waals surface area (Å²) in [6.07, 6.45) is 2.57. The van der Waals surface area contributed by atoms with E-state index in [0.717, 1.165) is 6.21 Å². The number of pyridine rings is 1. The highest BCUT2D eigenvalue weighted by molar-refractivity contribution is 9.10. The van der Waals surface area contributed by atoms with Gasteiger partial charge in [-0.3, -0.25) is 0 Å². The monoisotopic (exact) mass is 214 g/mol. The number of hydrogen-bond acceptors (Lipinski definition) is 4. The molecule has 0 saturated heterocycles. The summed E-state index contributed by atoms with van der Waals surface area (Å²) in [5.74, 6) is 0.345. The molecule has 1 heterocycles. The van der Waals surface area contributed by atoms with Gasteiger partial charge in [0.2, 0.25) is 0 Å². The highest BCUT2D eigenvalue weighted by Gasteiger charge is 2.05. The second-order valence-electron chi connectivity index (χ2n) is 1.97. The van der Waals surface area contributed by atoms with E-state index in [9.17, 15) is 0 Å². The Morgan fingerprint density at radius 3 is 2.64 bits per heavy atom. The molecule has 58 valence electrons. The molecular formula is C6H7BrN4. The molecule has 0 atom stereocenters. The van der Waals surface area contributed by atoms with Crippen LogP contribution in [-0.2, 0) is 0 Å². The van der Waals surface area contributed by atoms with Gasteiger partial charge < -0.3 is 16.9 Å². The molecule has 0 spiro atoms. The van der Waals surface area contributed by atoms with Crippen molar-refractivity contribution in [2.24, 2.45) is 0 Å². The van der Waals surface area contributed by atoms with Gasteiger partial charge in [0.1, 0.15) is 5.82 Å². The molecule has 0 bridgehead atoms. The predicted molar refractivity (Wildman–Crippen MR) is 48.6 cm³/mol. The quantitative estimate of drug-likeness (QED) is 0.610. The molecule has 11 heavy (non-hydrogen) atoms. The number of rotatable bonds is 1. The van der Waals surface area contributed by atoms with E-state index in [0.29, 0.717) is 21.5 Å². The van der Waals surface area contributed by atoms with Gasteiger partial charge in [0.15, 0.2) is 0 Å². The molecular weight excluding hydrogens is 208 g/mol. The minimum atomic E-state index is 0.345. The van der Waals surface area contributed by atoms with Crippen molar-refractivity contribution in [3.63, 3.8) is 0 Å². The zero-order chi connectivity index (χ0) is 8.43. The van der Waals surface area contributed by atoms with E-state index in [1.54, 1.807) is 0 Å². The molecule has 0 unspecified atom stereocenters. The topological polar surface area (TPSA) is 88.8 Å². The van der Waals surface area contributed by atoms with Crippen LogP contribution in [0.2, 0.25) is 0 Å². The van der Waals surface area contributed by atoms with E-state index in [4.69, 9.17) is 16.9 Å². The third-order valence-corrected chi connectivity index (χ3v) is 2.09. The molecule has 5 heteroatoms. The van der Waals surface area contributed by atoms with Gasteiger partial charge in [-0.05, 0) is 15.9 Å².